The van der Waals surface area contributed by atoms with E-state index in [1.165, 1.54) is 18.7 Å². The Labute approximate surface area is 114 Å². The number of aromatic nitrogens is 1. The summed E-state index contributed by atoms with van der Waals surface area (Å²) in [6.45, 7) is 5.05. The molecular weight excluding hydrogens is 246 g/mol. The van der Waals surface area contributed by atoms with E-state index in [1.807, 2.05) is 12.3 Å². The first-order chi connectivity index (χ1) is 8.79. The Balaban J connectivity index is 1.95. The van der Waals surface area contributed by atoms with Gasteiger partial charge < -0.3 is 14.5 Å². The van der Waals surface area contributed by atoms with Crippen LogP contribution in [-0.2, 0) is 0 Å². The van der Waals surface area contributed by atoms with Crippen LogP contribution < -0.4 is 9.64 Å². The van der Waals surface area contributed by atoms with Crippen LogP contribution in [0.15, 0.2) is 18.3 Å². The summed E-state index contributed by atoms with van der Waals surface area (Å²) in [5.74, 6) is 1.39. The molecular formula is C13H21N3OS. The van der Waals surface area contributed by atoms with Crippen LogP contribution in [0.5, 0.6) is 5.88 Å². The molecule has 0 radical (unpaired) electrons. The summed E-state index contributed by atoms with van der Waals surface area (Å²) >= 11 is 4.11. The number of anilines is 1. The molecule has 1 fully saturated rings. The number of likely N-dealkylation sites (N-methyl/N-ethyl adjacent to an activating group) is 1. The van der Waals surface area contributed by atoms with Gasteiger partial charge in [-0.15, -0.1) is 0 Å². The molecule has 5 heteroatoms. The second-order valence-corrected chi connectivity index (χ2v) is 5.02. The van der Waals surface area contributed by atoms with Crippen molar-refractivity contribution < 1.29 is 4.74 Å². The summed E-state index contributed by atoms with van der Waals surface area (Å²) < 4.78 is 5.42. The summed E-state index contributed by atoms with van der Waals surface area (Å²) in [4.78, 5) is 9.09. The van der Waals surface area contributed by atoms with E-state index in [-0.39, 0.29) is 0 Å². The Morgan fingerprint density at radius 3 is 2.89 bits per heavy atom. The molecule has 0 atom stereocenters. The van der Waals surface area contributed by atoms with Gasteiger partial charge in [0.25, 0.3) is 0 Å². The van der Waals surface area contributed by atoms with E-state index in [4.69, 9.17) is 4.74 Å². The van der Waals surface area contributed by atoms with Crippen molar-refractivity contribution in [2.24, 2.45) is 0 Å². The molecule has 4 nitrogen and oxygen atoms in total. The van der Waals surface area contributed by atoms with Crippen molar-refractivity contribution >= 4 is 18.3 Å². The van der Waals surface area contributed by atoms with E-state index in [2.05, 4.69) is 40.5 Å². The lowest BCUT2D eigenvalue weighted by Crippen LogP contribution is -2.28. The lowest BCUT2D eigenvalue weighted by molar-refractivity contribution is 0.331. The Morgan fingerprint density at radius 1 is 1.28 bits per heavy atom. The summed E-state index contributed by atoms with van der Waals surface area (Å²) in [6, 6.07) is 4.03. The maximum Gasteiger partial charge on any atom is 0.213 e. The SMILES string of the molecule is CN1CCCN(c2ccc(OCCS)nc2)CC1. The molecule has 0 aromatic carbocycles. The average Bonchev–Trinajstić information content (AvgIpc) is 2.62. The molecule has 1 aliphatic rings. The lowest BCUT2D eigenvalue weighted by atomic mass is 10.3. The van der Waals surface area contributed by atoms with Gasteiger partial charge in [0.1, 0.15) is 0 Å². The number of rotatable bonds is 4. The van der Waals surface area contributed by atoms with E-state index in [0.29, 0.717) is 18.2 Å². The molecule has 2 rings (SSSR count). The standard InChI is InChI=1S/C13H21N3OS/c1-15-5-2-6-16(8-7-15)12-3-4-13(14-11-12)17-9-10-18/h3-4,11,18H,2,5-10H2,1H3. The van der Waals surface area contributed by atoms with Crippen LogP contribution >= 0.6 is 12.6 Å². The third kappa shape index (κ3) is 3.78. The Kier molecular flexibility index (Phi) is 5.13. The van der Waals surface area contributed by atoms with Crippen LogP contribution in [-0.4, -0.2) is 55.5 Å². The molecule has 1 aromatic rings. The first kappa shape index (κ1) is 13.5. The number of pyridine rings is 1. The first-order valence-electron chi connectivity index (χ1n) is 6.43. The number of ether oxygens (including phenoxy) is 1. The molecule has 0 bridgehead atoms. The van der Waals surface area contributed by atoms with Gasteiger partial charge in [0.2, 0.25) is 5.88 Å². The molecule has 1 aliphatic heterocycles. The number of thiol groups is 1. The number of hydrogen-bond donors (Lipinski definition) is 1. The van der Waals surface area contributed by atoms with Crippen LogP contribution in [0.4, 0.5) is 5.69 Å². The average molecular weight is 267 g/mol. The minimum Gasteiger partial charge on any atom is -0.477 e. The highest BCUT2D eigenvalue weighted by molar-refractivity contribution is 7.80. The maximum absolute atomic E-state index is 5.42. The van der Waals surface area contributed by atoms with Gasteiger partial charge >= 0.3 is 0 Å². The van der Waals surface area contributed by atoms with Gasteiger partial charge in [-0.05, 0) is 26.1 Å². The zero-order valence-electron chi connectivity index (χ0n) is 10.9. The highest BCUT2D eigenvalue weighted by atomic mass is 32.1. The van der Waals surface area contributed by atoms with Gasteiger partial charge in [-0.3, -0.25) is 0 Å². The highest BCUT2D eigenvalue weighted by Gasteiger charge is 2.12. The van der Waals surface area contributed by atoms with Crippen LogP contribution in [0.25, 0.3) is 0 Å². The molecule has 0 N–H and O–H groups in total. The number of nitrogens with zero attached hydrogens (tertiary/aromatic N) is 3. The predicted molar refractivity (Wildman–Crippen MR) is 77.9 cm³/mol. The fraction of sp³-hybridized carbons (Fsp3) is 0.615. The Morgan fingerprint density at radius 2 is 2.17 bits per heavy atom. The van der Waals surface area contributed by atoms with Gasteiger partial charge in [0, 0.05) is 31.5 Å². The largest absolute Gasteiger partial charge is 0.477 e. The molecule has 100 valence electrons. The maximum atomic E-state index is 5.42. The van der Waals surface area contributed by atoms with Crippen LogP contribution in [0.3, 0.4) is 0 Å². The zero-order chi connectivity index (χ0) is 12.8. The van der Waals surface area contributed by atoms with Crippen molar-refractivity contribution in [1.29, 1.82) is 0 Å². The van der Waals surface area contributed by atoms with Gasteiger partial charge in [-0.25, -0.2) is 4.98 Å². The summed E-state index contributed by atoms with van der Waals surface area (Å²) in [7, 11) is 2.18. The Bertz CT molecular complexity index is 358. The van der Waals surface area contributed by atoms with Crippen LogP contribution in [0.2, 0.25) is 0 Å². The first-order valence-corrected chi connectivity index (χ1v) is 7.06. The van der Waals surface area contributed by atoms with Crippen LogP contribution in [0.1, 0.15) is 6.42 Å². The van der Waals surface area contributed by atoms with Gasteiger partial charge in [-0.1, -0.05) is 0 Å². The van der Waals surface area contributed by atoms with E-state index in [0.717, 1.165) is 19.6 Å². The Hall–Kier alpha value is -0.940. The molecule has 1 saturated heterocycles. The topological polar surface area (TPSA) is 28.6 Å². The van der Waals surface area contributed by atoms with Crippen molar-refractivity contribution in [3.8, 4) is 5.88 Å². The fourth-order valence-electron chi connectivity index (χ4n) is 2.10. The van der Waals surface area contributed by atoms with Crippen molar-refractivity contribution in [3.05, 3.63) is 18.3 Å². The molecule has 0 aliphatic carbocycles. The van der Waals surface area contributed by atoms with E-state index in [1.54, 1.807) is 0 Å². The molecule has 0 unspecified atom stereocenters. The van der Waals surface area contributed by atoms with Crippen molar-refractivity contribution in [2.75, 3.05) is 50.5 Å². The molecule has 1 aromatic heterocycles. The van der Waals surface area contributed by atoms with Gasteiger partial charge in [-0.2, -0.15) is 12.6 Å². The second kappa shape index (κ2) is 6.85. The summed E-state index contributed by atoms with van der Waals surface area (Å²) in [5.41, 5.74) is 1.18. The van der Waals surface area contributed by atoms with E-state index >= 15 is 0 Å². The lowest BCUT2D eigenvalue weighted by Gasteiger charge is -2.22. The quantitative estimate of drug-likeness (QED) is 0.838. The van der Waals surface area contributed by atoms with Crippen molar-refractivity contribution in [3.63, 3.8) is 0 Å². The monoisotopic (exact) mass is 267 g/mol. The van der Waals surface area contributed by atoms with Crippen LogP contribution in [0, 0.1) is 0 Å². The van der Waals surface area contributed by atoms with Crippen molar-refractivity contribution in [1.82, 2.24) is 9.88 Å². The third-order valence-corrected chi connectivity index (χ3v) is 3.33. The normalized spacial score (nSPS) is 17.6. The summed E-state index contributed by atoms with van der Waals surface area (Å²) in [5, 5.41) is 0. The van der Waals surface area contributed by atoms with E-state index < -0.39 is 0 Å². The summed E-state index contributed by atoms with van der Waals surface area (Å²) in [6.07, 6.45) is 3.10. The molecule has 0 saturated carbocycles. The smallest absolute Gasteiger partial charge is 0.213 e. The molecule has 0 spiro atoms. The minimum atomic E-state index is 0.601. The zero-order valence-corrected chi connectivity index (χ0v) is 11.8. The van der Waals surface area contributed by atoms with Gasteiger partial charge in [0.15, 0.2) is 0 Å². The highest BCUT2D eigenvalue weighted by Crippen LogP contribution is 2.17. The predicted octanol–water partition coefficient (Wildman–Crippen LogP) is 1.53. The molecule has 0 amide bonds. The fourth-order valence-corrected chi connectivity index (χ4v) is 2.19. The second-order valence-electron chi connectivity index (χ2n) is 4.57. The molecule has 18 heavy (non-hydrogen) atoms. The van der Waals surface area contributed by atoms with E-state index in [9.17, 15) is 0 Å². The molecule has 2 heterocycles. The number of hydrogen-bond acceptors (Lipinski definition) is 5. The van der Waals surface area contributed by atoms with Crippen molar-refractivity contribution in [2.45, 2.75) is 6.42 Å². The van der Waals surface area contributed by atoms with Gasteiger partial charge in [0.05, 0.1) is 18.5 Å². The third-order valence-electron chi connectivity index (χ3n) is 3.15. The minimum absolute atomic E-state index is 0.601.